The molecule has 1 amide bonds. The van der Waals surface area contributed by atoms with Crippen LogP contribution in [-0.4, -0.2) is 41.8 Å². The summed E-state index contributed by atoms with van der Waals surface area (Å²) >= 11 is 12.1. The van der Waals surface area contributed by atoms with Gasteiger partial charge in [-0.1, -0.05) is 54.2 Å². The van der Waals surface area contributed by atoms with Crippen LogP contribution in [-0.2, 0) is 4.79 Å². The second-order valence-corrected chi connectivity index (χ2v) is 9.19. The van der Waals surface area contributed by atoms with Gasteiger partial charge in [0.25, 0.3) is 5.91 Å². The van der Waals surface area contributed by atoms with E-state index in [4.69, 9.17) is 32.7 Å². The number of hydrogen-bond acceptors (Lipinski definition) is 4. The Hall–Kier alpha value is -1.95. The highest BCUT2D eigenvalue weighted by molar-refractivity contribution is 6.35. The van der Waals surface area contributed by atoms with Crippen LogP contribution in [0.2, 0.25) is 10.0 Å². The minimum absolute atomic E-state index is 0.0469. The fourth-order valence-corrected chi connectivity index (χ4v) is 5.53. The van der Waals surface area contributed by atoms with Crippen LogP contribution in [0.4, 0.5) is 0 Å². The third-order valence-corrected chi connectivity index (χ3v) is 7.12. The van der Waals surface area contributed by atoms with Gasteiger partial charge in [0.1, 0.15) is 11.5 Å². The Morgan fingerprint density at radius 3 is 2.74 bits per heavy atom. The first kappa shape index (κ1) is 22.3. The molecule has 7 heteroatoms. The van der Waals surface area contributed by atoms with Gasteiger partial charge in [0.15, 0.2) is 6.61 Å². The molecule has 1 heterocycles. The number of nitrogens with zero attached hydrogens (tertiary/aromatic N) is 1. The topological polar surface area (TPSA) is 59.0 Å². The molecule has 2 aliphatic rings. The summed E-state index contributed by atoms with van der Waals surface area (Å²) in [6.45, 7) is 0.324. The average molecular weight is 464 g/mol. The highest BCUT2D eigenvalue weighted by Crippen LogP contribution is 2.50. The summed E-state index contributed by atoms with van der Waals surface area (Å²) in [4.78, 5) is 15.2. The Bertz CT molecular complexity index is 953. The number of para-hydroxylation sites is 1. The van der Waals surface area contributed by atoms with Crippen LogP contribution in [0.15, 0.2) is 42.5 Å². The van der Waals surface area contributed by atoms with E-state index in [1.165, 1.54) is 0 Å². The number of likely N-dealkylation sites (tertiary alicyclic amines) is 1. The first-order valence-corrected chi connectivity index (χ1v) is 11.4. The SMILES string of the molecule is COc1ccccc1[C@H]1[C@@H]2CCCC[C@]2(O)CCN1C(=O)COc1ccc(Cl)cc1Cl. The first-order valence-electron chi connectivity index (χ1n) is 10.7. The number of methoxy groups -OCH3 is 1. The molecule has 1 aliphatic heterocycles. The van der Waals surface area contributed by atoms with Gasteiger partial charge in [-0.2, -0.15) is 0 Å². The van der Waals surface area contributed by atoms with Gasteiger partial charge in [-0.05, 0) is 43.5 Å². The Labute approximate surface area is 192 Å². The fourth-order valence-electron chi connectivity index (χ4n) is 5.07. The predicted octanol–water partition coefficient (Wildman–Crippen LogP) is 5.28. The van der Waals surface area contributed by atoms with Crippen LogP contribution >= 0.6 is 23.2 Å². The normalized spacial score (nSPS) is 25.6. The van der Waals surface area contributed by atoms with Crippen molar-refractivity contribution < 1.29 is 19.4 Å². The van der Waals surface area contributed by atoms with Crippen LogP contribution < -0.4 is 9.47 Å². The Morgan fingerprint density at radius 1 is 1.16 bits per heavy atom. The van der Waals surface area contributed by atoms with Crippen molar-refractivity contribution in [3.05, 3.63) is 58.1 Å². The number of benzene rings is 2. The molecule has 2 aromatic carbocycles. The maximum absolute atomic E-state index is 13.3. The number of halogens is 2. The molecule has 0 radical (unpaired) electrons. The third kappa shape index (κ3) is 4.50. The number of piperidine rings is 1. The molecule has 3 atom stereocenters. The van der Waals surface area contributed by atoms with E-state index in [0.717, 1.165) is 37.0 Å². The van der Waals surface area contributed by atoms with E-state index in [-0.39, 0.29) is 24.5 Å². The summed E-state index contributed by atoms with van der Waals surface area (Å²) in [6, 6.07) is 12.4. The number of ether oxygens (including phenoxy) is 2. The largest absolute Gasteiger partial charge is 0.496 e. The first-order chi connectivity index (χ1) is 14.9. The second-order valence-electron chi connectivity index (χ2n) is 8.34. The maximum Gasteiger partial charge on any atom is 0.261 e. The summed E-state index contributed by atoms with van der Waals surface area (Å²) < 4.78 is 11.3. The van der Waals surface area contributed by atoms with Crippen molar-refractivity contribution in [2.45, 2.75) is 43.7 Å². The fraction of sp³-hybridized carbons (Fsp3) is 0.458. The standard InChI is InChI=1S/C24H27Cl2NO4/c1-30-20-8-3-2-6-17(20)23-18-7-4-5-11-24(18,29)12-13-27(23)22(28)15-31-21-10-9-16(25)14-19(21)26/h2-3,6,8-10,14,18,23,29H,4-5,7,11-13,15H2,1H3/t18-,23-,24-/m0/s1. The summed E-state index contributed by atoms with van der Waals surface area (Å²) in [6.07, 6.45) is 4.25. The number of carbonyl (C=O) groups excluding carboxylic acids is 1. The molecule has 0 aromatic heterocycles. The zero-order chi connectivity index (χ0) is 22.0. The molecule has 0 spiro atoms. The van der Waals surface area contributed by atoms with E-state index in [9.17, 15) is 9.90 Å². The van der Waals surface area contributed by atoms with Gasteiger partial charge in [0.2, 0.25) is 0 Å². The molecule has 166 valence electrons. The van der Waals surface area contributed by atoms with E-state index < -0.39 is 5.60 Å². The minimum Gasteiger partial charge on any atom is -0.496 e. The number of aliphatic hydroxyl groups is 1. The lowest BCUT2D eigenvalue weighted by Gasteiger charge is -2.52. The summed E-state index contributed by atoms with van der Waals surface area (Å²) in [7, 11) is 1.63. The number of hydrogen-bond donors (Lipinski definition) is 1. The van der Waals surface area contributed by atoms with Crippen LogP contribution in [0, 0.1) is 5.92 Å². The van der Waals surface area contributed by atoms with Crippen LogP contribution in [0.3, 0.4) is 0 Å². The highest BCUT2D eigenvalue weighted by atomic mass is 35.5. The lowest BCUT2D eigenvalue weighted by molar-refractivity contribution is -0.157. The summed E-state index contributed by atoms with van der Waals surface area (Å²) in [5, 5.41) is 12.3. The van der Waals surface area contributed by atoms with E-state index in [1.54, 1.807) is 25.3 Å². The molecule has 1 saturated carbocycles. The van der Waals surface area contributed by atoms with Crippen molar-refractivity contribution in [2.75, 3.05) is 20.3 Å². The smallest absolute Gasteiger partial charge is 0.261 e. The summed E-state index contributed by atoms with van der Waals surface area (Å²) in [5.41, 5.74) is 0.161. The number of rotatable bonds is 5. The van der Waals surface area contributed by atoms with Crippen molar-refractivity contribution in [3.8, 4) is 11.5 Å². The zero-order valence-corrected chi connectivity index (χ0v) is 19.0. The molecule has 1 saturated heterocycles. The molecule has 4 rings (SSSR count). The van der Waals surface area contributed by atoms with Crippen LogP contribution in [0.1, 0.15) is 43.7 Å². The van der Waals surface area contributed by atoms with Gasteiger partial charge >= 0.3 is 0 Å². The molecule has 31 heavy (non-hydrogen) atoms. The lowest BCUT2D eigenvalue weighted by atomic mass is 9.66. The van der Waals surface area contributed by atoms with E-state index in [1.807, 2.05) is 29.2 Å². The van der Waals surface area contributed by atoms with E-state index in [2.05, 4.69) is 0 Å². The molecule has 5 nitrogen and oxygen atoms in total. The monoisotopic (exact) mass is 463 g/mol. The van der Waals surface area contributed by atoms with Crippen molar-refractivity contribution in [1.82, 2.24) is 4.90 Å². The van der Waals surface area contributed by atoms with Crippen LogP contribution in [0.25, 0.3) is 0 Å². The molecule has 1 N–H and O–H groups in total. The number of amides is 1. The van der Waals surface area contributed by atoms with Gasteiger partial charge in [-0.25, -0.2) is 0 Å². The van der Waals surface area contributed by atoms with Gasteiger partial charge < -0.3 is 19.5 Å². The zero-order valence-electron chi connectivity index (χ0n) is 17.5. The Kier molecular flexibility index (Phi) is 6.65. The predicted molar refractivity (Wildman–Crippen MR) is 121 cm³/mol. The van der Waals surface area contributed by atoms with E-state index >= 15 is 0 Å². The Balaban J connectivity index is 1.62. The van der Waals surface area contributed by atoms with Gasteiger partial charge in [-0.3, -0.25) is 4.79 Å². The molecule has 1 aliphatic carbocycles. The van der Waals surface area contributed by atoms with Gasteiger partial charge in [-0.15, -0.1) is 0 Å². The van der Waals surface area contributed by atoms with Crippen molar-refractivity contribution in [1.29, 1.82) is 0 Å². The molecule has 0 bridgehead atoms. The van der Waals surface area contributed by atoms with Crippen molar-refractivity contribution in [2.24, 2.45) is 5.92 Å². The second kappa shape index (κ2) is 9.27. The minimum atomic E-state index is -0.763. The number of fused-ring (bicyclic) bond motifs is 1. The van der Waals surface area contributed by atoms with Crippen molar-refractivity contribution in [3.63, 3.8) is 0 Å². The van der Waals surface area contributed by atoms with Crippen LogP contribution in [0.5, 0.6) is 11.5 Å². The maximum atomic E-state index is 13.3. The molecule has 0 unspecified atom stereocenters. The number of carbonyl (C=O) groups is 1. The lowest BCUT2D eigenvalue weighted by Crippen LogP contribution is -2.57. The molecular weight excluding hydrogens is 437 g/mol. The molecular formula is C24H27Cl2NO4. The summed E-state index contributed by atoms with van der Waals surface area (Å²) in [5.74, 6) is 0.949. The highest BCUT2D eigenvalue weighted by Gasteiger charge is 2.50. The van der Waals surface area contributed by atoms with Gasteiger partial charge in [0, 0.05) is 23.0 Å². The average Bonchev–Trinajstić information content (AvgIpc) is 2.77. The molecule has 2 fully saturated rings. The van der Waals surface area contributed by atoms with Gasteiger partial charge in [0.05, 0.1) is 23.8 Å². The Morgan fingerprint density at radius 2 is 1.97 bits per heavy atom. The quantitative estimate of drug-likeness (QED) is 0.655. The molecule has 2 aromatic rings. The third-order valence-electron chi connectivity index (χ3n) is 6.59. The van der Waals surface area contributed by atoms with E-state index in [0.29, 0.717) is 28.8 Å². The van der Waals surface area contributed by atoms with Crippen molar-refractivity contribution >= 4 is 29.1 Å².